The molecular formula is C32H23N. The number of anilines is 3. The van der Waals surface area contributed by atoms with Crippen LogP contribution in [0.25, 0.3) is 32.7 Å². The van der Waals surface area contributed by atoms with Crippen molar-refractivity contribution in [2.45, 2.75) is 0 Å². The molecule has 33 heavy (non-hydrogen) atoms. The van der Waals surface area contributed by atoms with Crippen molar-refractivity contribution in [1.29, 1.82) is 0 Å². The monoisotopic (exact) mass is 428 g/mol. The van der Waals surface area contributed by atoms with Crippen LogP contribution in [-0.4, -0.2) is 0 Å². The molecule has 1 nitrogen and oxygen atoms in total. The van der Waals surface area contributed by atoms with Crippen LogP contribution in [0, 0.1) is 0 Å². The van der Waals surface area contributed by atoms with Gasteiger partial charge in [0.15, 0.2) is 0 Å². The van der Waals surface area contributed by atoms with Gasteiger partial charge in [-0.2, -0.15) is 0 Å². The standard InChI is InChI=1S/C32H23N/c1-2-16-27(17-3-1)33(32-22-10-14-25-12-5-7-20-31(25)32)28-18-8-15-26(23-28)30-21-9-13-24-11-4-6-19-29(24)30/h1-23H/i5D,7D,10D,12D,14D,20D,22D. The SMILES string of the molecule is [2H]c1c([2H])c([2H])c2c(N(c3ccccc3)c3cccc(-c4cccc5ccccc45)c3)c([2H])c([2H])c([2H])c2c1[2H]. The van der Waals surface area contributed by atoms with Crippen molar-refractivity contribution in [2.75, 3.05) is 4.90 Å². The summed E-state index contributed by atoms with van der Waals surface area (Å²) in [5, 5.41) is 2.15. The number of para-hydroxylation sites is 1. The average molecular weight is 429 g/mol. The number of rotatable bonds is 4. The van der Waals surface area contributed by atoms with Gasteiger partial charge in [0, 0.05) is 16.8 Å². The van der Waals surface area contributed by atoms with Gasteiger partial charge in [0.05, 0.1) is 15.3 Å². The van der Waals surface area contributed by atoms with Crippen LogP contribution in [0.5, 0.6) is 0 Å². The Bertz CT molecular complexity index is 1920. The fourth-order valence-corrected chi connectivity index (χ4v) is 4.24. The maximum absolute atomic E-state index is 8.96. The van der Waals surface area contributed by atoms with Crippen molar-refractivity contribution in [3.63, 3.8) is 0 Å². The van der Waals surface area contributed by atoms with Crippen LogP contribution in [0.3, 0.4) is 0 Å². The van der Waals surface area contributed by atoms with Gasteiger partial charge >= 0.3 is 0 Å². The Morgan fingerprint density at radius 2 is 1.24 bits per heavy atom. The zero-order chi connectivity index (χ0) is 28.1. The highest BCUT2D eigenvalue weighted by molar-refractivity contribution is 6.00. The van der Waals surface area contributed by atoms with Crippen LogP contribution in [-0.2, 0) is 0 Å². The highest BCUT2D eigenvalue weighted by Crippen LogP contribution is 2.40. The van der Waals surface area contributed by atoms with E-state index in [1.807, 2.05) is 78.9 Å². The molecule has 0 heterocycles. The molecule has 0 fully saturated rings. The Balaban J connectivity index is 1.70. The van der Waals surface area contributed by atoms with Crippen molar-refractivity contribution in [3.8, 4) is 11.1 Å². The third-order valence-electron chi connectivity index (χ3n) is 5.74. The molecule has 0 unspecified atom stereocenters. The van der Waals surface area contributed by atoms with Crippen molar-refractivity contribution in [1.82, 2.24) is 0 Å². The molecule has 0 radical (unpaired) electrons. The Hall–Kier alpha value is -4.36. The Kier molecular flexibility index (Phi) is 3.33. The summed E-state index contributed by atoms with van der Waals surface area (Å²) in [6.45, 7) is 0. The molecule has 0 amide bonds. The summed E-state index contributed by atoms with van der Waals surface area (Å²) in [4.78, 5) is 1.75. The molecular weight excluding hydrogens is 398 g/mol. The minimum atomic E-state index is -0.474. The third-order valence-corrected chi connectivity index (χ3v) is 5.74. The predicted molar refractivity (Wildman–Crippen MR) is 142 cm³/mol. The summed E-state index contributed by atoms with van der Waals surface area (Å²) in [5.74, 6) is 0. The van der Waals surface area contributed by atoms with Crippen LogP contribution in [0.15, 0.2) is 139 Å². The second-order valence-electron chi connectivity index (χ2n) is 7.72. The Morgan fingerprint density at radius 3 is 2.18 bits per heavy atom. The third kappa shape index (κ3) is 3.54. The molecule has 6 rings (SSSR count). The number of nitrogens with zero attached hydrogens (tertiary/aromatic N) is 1. The van der Waals surface area contributed by atoms with E-state index in [1.54, 1.807) is 4.90 Å². The summed E-state index contributed by atoms with van der Waals surface area (Å²) in [7, 11) is 0. The smallest absolute Gasteiger partial charge is 0.0645 e. The van der Waals surface area contributed by atoms with E-state index in [0.717, 1.165) is 21.9 Å². The van der Waals surface area contributed by atoms with Gasteiger partial charge in [-0.15, -0.1) is 0 Å². The second-order valence-corrected chi connectivity index (χ2v) is 7.72. The van der Waals surface area contributed by atoms with E-state index in [1.165, 1.54) is 0 Å². The van der Waals surface area contributed by atoms with Gasteiger partial charge in [-0.3, -0.25) is 0 Å². The maximum atomic E-state index is 8.96. The summed E-state index contributed by atoms with van der Waals surface area (Å²) < 4.78 is 59.9. The molecule has 1 heteroatoms. The van der Waals surface area contributed by atoms with E-state index in [-0.39, 0.29) is 28.5 Å². The number of hydrogen-bond acceptors (Lipinski definition) is 1. The molecule has 0 bridgehead atoms. The molecule has 156 valence electrons. The number of hydrogen-bond donors (Lipinski definition) is 0. The summed E-state index contributed by atoms with van der Waals surface area (Å²) in [6.07, 6.45) is 0. The lowest BCUT2D eigenvalue weighted by Gasteiger charge is -2.27. The lowest BCUT2D eigenvalue weighted by molar-refractivity contribution is 1.30. The highest BCUT2D eigenvalue weighted by atomic mass is 15.1. The van der Waals surface area contributed by atoms with Crippen molar-refractivity contribution in [3.05, 3.63) is 139 Å². The van der Waals surface area contributed by atoms with Gasteiger partial charge in [0.25, 0.3) is 0 Å². The van der Waals surface area contributed by atoms with Crippen molar-refractivity contribution in [2.24, 2.45) is 0 Å². The molecule has 0 aromatic heterocycles. The number of fused-ring (bicyclic) bond motifs is 2. The molecule has 6 aromatic carbocycles. The normalized spacial score (nSPS) is 14.0. The molecule has 0 atom stereocenters. The molecule has 0 saturated carbocycles. The van der Waals surface area contributed by atoms with Crippen LogP contribution in [0.4, 0.5) is 17.1 Å². The van der Waals surface area contributed by atoms with Gasteiger partial charge < -0.3 is 4.90 Å². The largest absolute Gasteiger partial charge is 0.310 e. The van der Waals surface area contributed by atoms with Crippen LogP contribution < -0.4 is 4.90 Å². The summed E-state index contributed by atoms with van der Waals surface area (Å²) >= 11 is 0. The van der Waals surface area contributed by atoms with E-state index in [4.69, 9.17) is 9.60 Å². The lowest BCUT2D eigenvalue weighted by atomic mass is 9.97. The van der Waals surface area contributed by atoms with Crippen molar-refractivity contribution < 1.29 is 9.60 Å². The minimum absolute atomic E-state index is 0.0383. The Labute approximate surface area is 204 Å². The van der Waals surface area contributed by atoms with E-state index >= 15 is 0 Å². The maximum Gasteiger partial charge on any atom is 0.0645 e. The Morgan fingerprint density at radius 1 is 0.515 bits per heavy atom. The first kappa shape index (κ1) is 13.2. The fourth-order valence-electron chi connectivity index (χ4n) is 4.24. The first-order chi connectivity index (χ1) is 19.3. The average Bonchev–Trinajstić information content (AvgIpc) is 2.99. The summed E-state index contributed by atoms with van der Waals surface area (Å²) in [6, 6.07) is 28.5. The fraction of sp³-hybridized carbons (Fsp3) is 0. The van der Waals surface area contributed by atoms with E-state index in [0.29, 0.717) is 11.4 Å². The van der Waals surface area contributed by atoms with E-state index in [9.17, 15) is 0 Å². The molecule has 0 aliphatic heterocycles. The molecule has 6 aromatic rings. The van der Waals surface area contributed by atoms with E-state index in [2.05, 4.69) is 18.2 Å². The van der Waals surface area contributed by atoms with Crippen LogP contribution in [0.1, 0.15) is 9.60 Å². The van der Waals surface area contributed by atoms with Gasteiger partial charge in [-0.25, -0.2) is 0 Å². The van der Waals surface area contributed by atoms with Crippen LogP contribution in [0.2, 0.25) is 0 Å². The summed E-state index contributed by atoms with van der Waals surface area (Å²) in [5.41, 5.74) is 3.38. The molecule has 0 N–H and O–H groups in total. The lowest BCUT2D eigenvalue weighted by Crippen LogP contribution is -2.10. The molecule has 0 saturated heterocycles. The first-order valence-corrected chi connectivity index (χ1v) is 10.7. The molecule has 0 aliphatic rings. The second kappa shape index (κ2) is 8.29. The molecule has 0 spiro atoms. The van der Waals surface area contributed by atoms with E-state index < -0.39 is 30.2 Å². The minimum Gasteiger partial charge on any atom is -0.310 e. The van der Waals surface area contributed by atoms with Crippen molar-refractivity contribution >= 4 is 38.6 Å². The zero-order valence-corrected chi connectivity index (χ0v) is 17.7. The quantitative estimate of drug-likeness (QED) is 0.270. The zero-order valence-electron chi connectivity index (χ0n) is 24.7. The van der Waals surface area contributed by atoms with Gasteiger partial charge in [0.1, 0.15) is 0 Å². The molecule has 0 aliphatic carbocycles. The topological polar surface area (TPSA) is 3.24 Å². The van der Waals surface area contributed by atoms with Gasteiger partial charge in [-0.05, 0) is 57.6 Å². The first-order valence-electron chi connectivity index (χ1n) is 14.2. The highest BCUT2D eigenvalue weighted by Gasteiger charge is 2.16. The predicted octanol–water partition coefficient (Wildman–Crippen LogP) is 9.13. The number of benzene rings is 6. The van der Waals surface area contributed by atoms with Gasteiger partial charge in [-0.1, -0.05) is 109 Å². The van der Waals surface area contributed by atoms with Gasteiger partial charge in [0.2, 0.25) is 0 Å². The van der Waals surface area contributed by atoms with Crippen LogP contribution >= 0.6 is 0 Å².